The molecule has 4 rings (SSSR count). The van der Waals surface area contributed by atoms with Crippen molar-refractivity contribution in [2.24, 2.45) is 35.5 Å². The van der Waals surface area contributed by atoms with E-state index in [9.17, 15) is 27.2 Å². The van der Waals surface area contributed by atoms with Crippen LogP contribution in [-0.2, 0) is 9.59 Å². The quantitative estimate of drug-likeness (QED) is 0.594. The number of amides is 2. The van der Waals surface area contributed by atoms with E-state index in [1.807, 2.05) is 0 Å². The molecule has 0 aromatic carbocycles. The molecule has 4 fully saturated rings. The fourth-order valence-electron chi connectivity index (χ4n) is 6.91. The zero-order valence-electron chi connectivity index (χ0n) is 17.6. The van der Waals surface area contributed by atoms with Gasteiger partial charge in [0.05, 0.1) is 0 Å². The summed E-state index contributed by atoms with van der Waals surface area (Å²) in [6, 6.07) is -1.24. The molecule has 4 aliphatic rings. The van der Waals surface area contributed by atoms with E-state index < -0.39 is 35.7 Å². The van der Waals surface area contributed by atoms with Gasteiger partial charge in [0.15, 0.2) is 0 Å². The molecule has 2 amide bonds. The average molecular weight is 433 g/mol. The van der Waals surface area contributed by atoms with Crippen molar-refractivity contribution in [1.29, 1.82) is 0 Å². The van der Waals surface area contributed by atoms with Gasteiger partial charge in [0.1, 0.15) is 0 Å². The van der Waals surface area contributed by atoms with Crippen LogP contribution in [-0.4, -0.2) is 35.7 Å². The number of carbonyl (C=O) groups excluding carboxylic acids is 2. The van der Waals surface area contributed by atoms with Crippen molar-refractivity contribution in [3.05, 3.63) is 0 Å². The minimum absolute atomic E-state index is 0.0313. The van der Waals surface area contributed by atoms with Crippen molar-refractivity contribution in [2.75, 3.05) is 0 Å². The van der Waals surface area contributed by atoms with Crippen LogP contribution >= 0.6 is 0 Å². The van der Waals surface area contributed by atoms with E-state index in [4.69, 9.17) is 0 Å². The molecule has 8 heteroatoms. The van der Waals surface area contributed by atoms with Gasteiger partial charge < -0.3 is 10.6 Å². The lowest BCUT2D eigenvalue weighted by molar-refractivity contribution is -0.212. The Labute approximate surface area is 174 Å². The third-order valence-corrected chi connectivity index (χ3v) is 8.55. The van der Waals surface area contributed by atoms with E-state index in [0.29, 0.717) is 23.7 Å². The third-order valence-electron chi connectivity index (χ3n) is 8.55. The number of nitrogens with one attached hydrogen (secondary N) is 2. The lowest BCUT2D eigenvalue weighted by Gasteiger charge is -2.33. The number of hydrogen-bond donors (Lipinski definition) is 2. The van der Waals surface area contributed by atoms with E-state index in [-0.39, 0.29) is 11.8 Å². The summed E-state index contributed by atoms with van der Waals surface area (Å²) in [6.07, 6.45) is 7.89. The summed E-state index contributed by atoms with van der Waals surface area (Å²) < 4.78 is 57.7. The predicted octanol–water partition coefficient (Wildman–Crippen LogP) is 4.14. The van der Waals surface area contributed by atoms with Crippen molar-refractivity contribution < 1.29 is 27.2 Å². The first-order valence-electron chi connectivity index (χ1n) is 11.4. The maximum atomic E-state index is 14.4. The van der Waals surface area contributed by atoms with Gasteiger partial charge >= 0.3 is 11.8 Å². The second-order valence-corrected chi connectivity index (χ2v) is 10.4. The summed E-state index contributed by atoms with van der Waals surface area (Å²) >= 11 is 0. The standard InChI is InChI=1S/C22H32F4N2O2/c1-11(17-9-13-3-5-15(17)7-13)27-19(29)21(23,24)22(25,26)20(30)28-12(2)18-10-14-4-6-16(18)8-14/h11-18H,3-10H2,1-2H3,(H,27,29)(H,28,30)/t11-,12-,13+,14+,15+,16+,17-,18+/m0/s1. The molecule has 170 valence electrons. The second kappa shape index (κ2) is 7.66. The van der Waals surface area contributed by atoms with Crippen molar-refractivity contribution in [3.63, 3.8) is 0 Å². The number of alkyl halides is 4. The first-order valence-corrected chi connectivity index (χ1v) is 11.4. The van der Waals surface area contributed by atoms with Crippen LogP contribution in [0.25, 0.3) is 0 Å². The monoisotopic (exact) mass is 432 g/mol. The van der Waals surface area contributed by atoms with Gasteiger partial charge in [-0.25, -0.2) is 0 Å². The fraction of sp³-hybridized carbons (Fsp3) is 0.909. The molecular weight excluding hydrogens is 400 g/mol. The van der Waals surface area contributed by atoms with E-state index in [0.717, 1.165) is 51.4 Å². The average Bonchev–Trinajstić information content (AvgIpc) is 3.47. The molecule has 0 aliphatic heterocycles. The highest BCUT2D eigenvalue weighted by atomic mass is 19.3. The van der Waals surface area contributed by atoms with E-state index >= 15 is 0 Å². The summed E-state index contributed by atoms with van der Waals surface area (Å²) in [5.74, 6) is -12.5. The lowest BCUT2D eigenvalue weighted by Crippen LogP contribution is -2.62. The van der Waals surface area contributed by atoms with Crippen molar-refractivity contribution in [3.8, 4) is 0 Å². The summed E-state index contributed by atoms with van der Waals surface area (Å²) in [5.41, 5.74) is 0. The Hall–Kier alpha value is -1.34. The maximum Gasteiger partial charge on any atom is 0.395 e. The first kappa shape index (κ1) is 21.9. The zero-order chi connectivity index (χ0) is 21.8. The minimum atomic E-state index is -5.10. The van der Waals surface area contributed by atoms with Crippen LogP contribution in [0.4, 0.5) is 17.6 Å². The molecule has 0 aromatic rings. The topological polar surface area (TPSA) is 58.2 Å². The van der Waals surface area contributed by atoms with Gasteiger partial charge in [0, 0.05) is 12.1 Å². The van der Waals surface area contributed by atoms with Crippen LogP contribution in [0.3, 0.4) is 0 Å². The van der Waals surface area contributed by atoms with Gasteiger partial charge in [-0.2, -0.15) is 17.6 Å². The second-order valence-electron chi connectivity index (χ2n) is 10.4. The van der Waals surface area contributed by atoms with Gasteiger partial charge in [-0.3, -0.25) is 9.59 Å². The summed E-state index contributed by atoms with van der Waals surface area (Å²) in [4.78, 5) is 24.2. The van der Waals surface area contributed by atoms with E-state index in [2.05, 4.69) is 10.6 Å². The zero-order valence-corrected chi connectivity index (χ0v) is 17.6. The molecule has 0 aromatic heterocycles. The summed E-state index contributed by atoms with van der Waals surface area (Å²) in [5, 5.41) is 4.18. The highest BCUT2D eigenvalue weighted by Crippen LogP contribution is 2.50. The van der Waals surface area contributed by atoms with Crippen LogP contribution in [0.2, 0.25) is 0 Å². The minimum Gasteiger partial charge on any atom is -0.348 e. The number of halogens is 4. The lowest BCUT2D eigenvalue weighted by atomic mass is 9.83. The molecule has 30 heavy (non-hydrogen) atoms. The number of rotatable bonds is 7. The molecule has 4 saturated carbocycles. The molecule has 4 aliphatic carbocycles. The molecule has 0 heterocycles. The fourth-order valence-corrected chi connectivity index (χ4v) is 6.91. The molecule has 0 spiro atoms. The molecule has 2 N–H and O–H groups in total. The SMILES string of the molecule is C[C@H](NC(=O)C(F)(F)C(F)(F)C(=O)N[C@@H](C)[C@H]1C[C@@H]2CC[C@@H]1C2)[C@@H]1C[C@@H]2CC[C@@H]1C2. The molecule has 0 saturated heterocycles. The molecular formula is C22H32F4N2O2. The van der Waals surface area contributed by atoms with Gasteiger partial charge in [0.2, 0.25) is 0 Å². The van der Waals surface area contributed by atoms with Crippen molar-refractivity contribution in [1.82, 2.24) is 10.6 Å². The Bertz CT molecular complexity index is 643. The van der Waals surface area contributed by atoms with Gasteiger partial charge in [-0.1, -0.05) is 12.8 Å². The Morgan fingerprint density at radius 3 is 1.33 bits per heavy atom. The van der Waals surface area contributed by atoms with Gasteiger partial charge in [-0.15, -0.1) is 0 Å². The Balaban J connectivity index is 1.36. The van der Waals surface area contributed by atoms with Gasteiger partial charge in [-0.05, 0) is 87.9 Å². The Kier molecular flexibility index (Phi) is 5.59. The third kappa shape index (κ3) is 3.62. The Morgan fingerprint density at radius 2 is 1.07 bits per heavy atom. The summed E-state index contributed by atoms with van der Waals surface area (Å²) in [6.45, 7) is 3.18. The number of hydrogen-bond acceptors (Lipinski definition) is 2. The largest absolute Gasteiger partial charge is 0.395 e. The van der Waals surface area contributed by atoms with Crippen LogP contribution in [0.15, 0.2) is 0 Å². The molecule has 0 radical (unpaired) electrons. The van der Waals surface area contributed by atoms with Crippen LogP contribution in [0.1, 0.15) is 65.2 Å². The van der Waals surface area contributed by atoms with Crippen LogP contribution in [0.5, 0.6) is 0 Å². The van der Waals surface area contributed by atoms with Gasteiger partial charge in [0.25, 0.3) is 11.8 Å². The molecule has 0 unspecified atom stereocenters. The first-order chi connectivity index (χ1) is 14.0. The summed E-state index contributed by atoms with van der Waals surface area (Å²) in [7, 11) is 0. The normalized spacial score (nSPS) is 37.3. The highest BCUT2D eigenvalue weighted by molar-refractivity contribution is 5.95. The number of carbonyl (C=O) groups is 2. The number of fused-ring (bicyclic) bond motifs is 4. The highest BCUT2D eigenvalue weighted by Gasteiger charge is 2.67. The molecule has 4 bridgehead atoms. The predicted molar refractivity (Wildman–Crippen MR) is 103 cm³/mol. The molecule has 4 nitrogen and oxygen atoms in total. The molecule has 8 atom stereocenters. The van der Waals surface area contributed by atoms with Crippen LogP contribution in [0, 0.1) is 35.5 Å². The van der Waals surface area contributed by atoms with Crippen LogP contribution < -0.4 is 10.6 Å². The van der Waals surface area contributed by atoms with E-state index in [1.54, 1.807) is 13.8 Å². The van der Waals surface area contributed by atoms with E-state index in [1.165, 1.54) is 0 Å². The Morgan fingerprint density at radius 1 is 0.700 bits per heavy atom. The smallest absolute Gasteiger partial charge is 0.348 e. The maximum absolute atomic E-state index is 14.4. The van der Waals surface area contributed by atoms with Crippen molar-refractivity contribution in [2.45, 2.75) is 89.1 Å². The van der Waals surface area contributed by atoms with Crippen molar-refractivity contribution >= 4 is 11.8 Å².